The highest BCUT2D eigenvalue weighted by Gasteiger charge is 2.38. The summed E-state index contributed by atoms with van der Waals surface area (Å²) in [5.74, 6) is 0. The van der Waals surface area contributed by atoms with Gasteiger partial charge in [0.15, 0.2) is 0 Å². The highest BCUT2D eigenvalue weighted by atomic mass is 15.0. The van der Waals surface area contributed by atoms with E-state index >= 15 is 0 Å². The molecule has 2 aromatic heterocycles. The minimum atomic E-state index is -0.543. The molecule has 0 aliphatic heterocycles. The van der Waals surface area contributed by atoms with E-state index in [1.807, 2.05) is 0 Å². The number of para-hydroxylation sites is 2. The second-order valence-corrected chi connectivity index (χ2v) is 16.5. The molecule has 0 aliphatic carbocycles. The molecule has 2 nitrogen and oxygen atoms in total. The van der Waals surface area contributed by atoms with Gasteiger partial charge in [0.05, 0.1) is 27.5 Å². The van der Waals surface area contributed by atoms with Crippen molar-refractivity contribution in [2.45, 2.75) is 5.41 Å². The van der Waals surface area contributed by atoms with Gasteiger partial charge >= 0.3 is 0 Å². The van der Waals surface area contributed by atoms with Crippen molar-refractivity contribution in [3.8, 4) is 33.6 Å². The lowest BCUT2D eigenvalue weighted by molar-refractivity contribution is 0.744. The van der Waals surface area contributed by atoms with Gasteiger partial charge < -0.3 is 9.13 Å². The zero-order valence-electron chi connectivity index (χ0n) is 34.6. The Bertz CT molecular complexity index is 3500. The van der Waals surface area contributed by atoms with Crippen molar-refractivity contribution in [1.82, 2.24) is 9.13 Å². The fourth-order valence-corrected chi connectivity index (χ4v) is 10.3. The first-order valence-corrected chi connectivity index (χ1v) is 21.8. The number of nitrogens with zero attached hydrogens (tertiary/aromatic N) is 2. The smallest absolute Gasteiger partial charge is 0.0702 e. The van der Waals surface area contributed by atoms with Crippen molar-refractivity contribution < 1.29 is 0 Å². The van der Waals surface area contributed by atoms with Crippen molar-refractivity contribution in [2.75, 3.05) is 0 Å². The van der Waals surface area contributed by atoms with Crippen molar-refractivity contribution in [3.05, 3.63) is 277 Å². The third-order valence-electron chi connectivity index (χ3n) is 13.0. The zero-order chi connectivity index (χ0) is 41.7. The van der Waals surface area contributed by atoms with E-state index in [4.69, 9.17) is 0 Å². The molecule has 0 fully saturated rings. The van der Waals surface area contributed by atoms with Gasteiger partial charge in [0.2, 0.25) is 0 Å². The normalized spacial score (nSPS) is 11.8. The molecule has 0 N–H and O–H groups in total. The van der Waals surface area contributed by atoms with Gasteiger partial charge in [0, 0.05) is 32.9 Å². The molecule has 0 radical (unpaired) electrons. The number of hydrogen-bond acceptors (Lipinski definition) is 0. The van der Waals surface area contributed by atoms with E-state index in [-0.39, 0.29) is 0 Å². The van der Waals surface area contributed by atoms with Gasteiger partial charge in [-0.1, -0.05) is 194 Å². The van der Waals surface area contributed by atoms with E-state index < -0.39 is 5.41 Å². The summed E-state index contributed by atoms with van der Waals surface area (Å²) in [5.41, 5.74) is 16.2. The molecule has 296 valence electrons. The SMILES string of the molecule is c1ccc(-c2cccc(-n3c4ccccc4c4cc(-c5ccc6c(c5)c5ccccc5n6-c5cccc(C(c6ccccc6)(c6ccccc6)c6ccccc6)c5)ccc43)c2)cc1. The summed E-state index contributed by atoms with van der Waals surface area (Å²) in [7, 11) is 0. The monoisotopic (exact) mass is 802 g/mol. The van der Waals surface area contributed by atoms with Gasteiger partial charge in [0.1, 0.15) is 0 Å². The Morgan fingerprint density at radius 2 is 0.587 bits per heavy atom. The van der Waals surface area contributed by atoms with Crippen LogP contribution >= 0.6 is 0 Å². The summed E-state index contributed by atoms with van der Waals surface area (Å²) >= 11 is 0. The molecule has 0 atom stereocenters. The largest absolute Gasteiger partial charge is 0.309 e. The first kappa shape index (κ1) is 36.6. The van der Waals surface area contributed by atoms with Gasteiger partial charge in [-0.05, 0) is 105 Å². The fourth-order valence-electron chi connectivity index (χ4n) is 10.3. The Morgan fingerprint density at radius 1 is 0.222 bits per heavy atom. The summed E-state index contributed by atoms with van der Waals surface area (Å²) in [6, 6.07) is 93.2. The lowest BCUT2D eigenvalue weighted by atomic mass is 9.65. The third kappa shape index (κ3) is 5.95. The molecule has 63 heavy (non-hydrogen) atoms. The molecule has 0 saturated heterocycles. The maximum atomic E-state index is 2.45. The average Bonchev–Trinajstić information content (AvgIpc) is 3.88. The number of fused-ring (bicyclic) bond motifs is 6. The molecular formula is C61H42N2. The van der Waals surface area contributed by atoms with Gasteiger partial charge in [-0.15, -0.1) is 0 Å². The summed E-state index contributed by atoms with van der Waals surface area (Å²) in [5, 5.41) is 4.95. The van der Waals surface area contributed by atoms with Gasteiger partial charge in [-0.3, -0.25) is 0 Å². The Balaban J connectivity index is 1.01. The highest BCUT2D eigenvalue weighted by molar-refractivity contribution is 6.12. The number of aromatic nitrogens is 2. The van der Waals surface area contributed by atoms with E-state index in [0.717, 1.165) is 11.4 Å². The Morgan fingerprint density at radius 3 is 1.10 bits per heavy atom. The molecule has 0 unspecified atom stereocenters. The van der Waals surface area contributed by atoms with E-state index in [2.05, 4.69) is 264 Å². The number of rotatable bonds is 8. The lowest BCUT2D eigenvalue weighted by Gasteiger charge is -2.37. The van der Waals surface area contributed by atoms with Crippen LogP contribution in [0.1, 0.15) is 22.3 Å². The maximum Gasteiger partial charge on any atom is 0.0702 e. The Hall–Kier alpha value is -8.20. The molecule has 2 heterocycles. The first-order valence-electron chi connectivity index (χ1n) is 21.8. The summed E-state index contributed by atoms with van der Waals surface area (Å²) in [4.78, 5) is 0. The van der Waals surface area contributed by atoms with Gasteiger partial charge in [0.25, 0.3) is 0 Å². The van der Waals surface area contributed by atoms with Crippen LogP contribution in [0.5, 0.6) is 0 Å². The second-order valence-electron chi connectivity index (χ2n) is 16.5. The average molecular weight is 803 g/mol. The van der Waals surface area contributed by atoms with Crippen LogP contribution in [-0.2, 0) is 5.41 Å². The zero-order valence-corrected chi connectivity index (χ0v) is 34.6. The van der Waals surface area contributed by atoms with Gasteiger partial charge in [-0.2, -0.15) is 0 Å². The summed E-state index contributed by atoms with van der Waals surface area (Å²) < 4.78 is 4.86. The van der Waals surface area contributed by atoms with Crippen LogP contribution in [0.15, 0.2) is 255 Å². The van der Waals surface area contributed by atoms with E-state index in [1.54, 1.807) is 0 Å². The van der Waals surface area contributed by atoms with E-state index in [1.165, 1.54) is 88.1 Å². The third-order valence-corrected chi connectivity index (χ3v) is 13.0. The second kappa shape index (κ2) is 15.1. The van der Waals surface area contributed by atoms with Crippen LogP contribution in [0.3, 0.4) is 0 Å². The molecule has 12 aromatic rings. The molecule has 0 saturated carbocycles. The first-order chi connectivity index (χ1) is 31.3. The molecular weight excluding hydrogens is 761 g/mol. The standard InChI is InChI=1S/C61H42N2/c1-5-19-43(20-6-1)44-21-17-29-51(39-44)62-57-33-15-13-31-53(57)55-40-45(35-37-59(55)62)46-36-38-60-56(41-46)54-32-14-16-34-58(54)63(60)52-30-18-28-50(42-52)61(47-22-7-2-8-23-47,48-24-9-3-10-25-48)49-26-11-4-12-27-49/h1-42H. The molecule has 0 spiro atoms. The van der Waals surface area contributed by atoms with E-state index in [0.29, 0.717) is 0 Å². The quantitative estimate of drug-likeness (QED) is 0.135. The van der Waals surface area contributed by atoms with Crippen LogP contribution in [-0.4, -0.2) is 9.13 Å². The minimum absolute atomic E-state index is 0.543. The van der Waals surface area contributed by atoms with Crippen molar-refractivity contribution in [3.63, 3.8) is 0 Å². The molecule has 2 heteroatoms. The maximum absolute atomic E-state index is 2.45. The molecule has 12 rings (SSSR count). The highest BCUT2D eigenvalue weighted by Crippen LogP contribution is 2.46. The number of hydrogen-bond donors (Lipinski definition) is 0. The summed E-state index contributed by atoms with van der Waals surface area (Å²) in [6.07, 6.45) is 0. The Kier molecular flexibility index (Phi) is 8.76. The topological polar surface area (TPSA) is 9.86 Å². The van der Waals surface area contributed by atoms with Crippen LogP contribution in [0.25, 0.3) is 77.2 Å². The Labute approximate surface area is 367 Å². The molecule has 0 bridgehead atoms. The van der Waals surface area contributed by atoms with Crippen molar-refractivity contribution in [2.24, 2.45) is 0 Å². The molecule has 0 amide bonds. The van der Waals surface area contributed by atoms with E-state index in [9.17, 15) is 0 Å². The fraction of sp³-hybridized carbons (Fsp3) is 0.0164. The van der Waals surface area contributed by atoms with Crippen LogP contribution in [0, 0.1) is 0 Å². The predicted octanol–water partition coefficient (Wildman–Crippen LogP) is 15.6. The van der Waals surface area contributed by atoms with Gasteiger partial charge in [-0.25, -0.2) is 0 Å². The summed E-state index contributed by atoms with van der Waals surface area (Å²) in [6.45, 7) is 0. The minimum Gasteiger partial charge on any atom is -0.309 e. The van der Waals surface area contributed by atoms with Crippen molar-refractivity contribution >= 4 is 43.6 Å². The predicted molar refractivity (Wildman–Crippen MR) is 264 cm³/mol. The number of benzene rings is 10. The molecule has 10 aromatic carbocycles. The van der Waals surface area contributed by atoms with Crippen molar-refractivity contribution in [1.29, 1.82) is 0 Å². The van der Waals surface area contributed by atoms with Crippen LogP contribution in [0.2, 0.25) is 0 Å². The van der Waals surface area contributed by atoms with Crippen LogP contribution < -0.4 is 0 Å². The molecule has 0 aliphatic rings. The van der Waals surface area contributed by atoms with Crippen LogP contribution in [0.4, 0.5) is 0 Å². The lowest BCUT2D eigenvalue weighted by Crippen LogP contribution is -2.31.